The standard InChI is InChI=1S/C19H17N3O3/c1-13(18(23)21-22-19(24)17-8-4-5-11-20-17)25-16-10-9-14-6-2-3-7-15(14)12-16/h2-13H,1H3,(H,21,23)(H,22,24)/t13-/m1/s1. The molecule has 0 aliphatic rings. The highest BCUT2D eigenvalue weighted by Crippen LogP contribution is 2.21. The highest BCUT2D eigenvalue weighted by Gasteiger charge is 2.16. The molecule has 6 nitrogen and oxygen atoms in total. The maximum absolute atomic E-state index is 12.1. The SMILES string of the molecule is C[C@@H](Oc1ccc2ccccc2c1)C(=O)NNC(=O)c1ccccn1. The number of benzene rings is 2. The van der Waals surface area contributed by atoms with Gasteiger partial charge in [0, 0.05) is 6.20 Å². The Kier molecular flexibility index (Phi) is 4.89. The molecule has 126 valence electrons. The van der Waals surface area contributed by atoms with Gasteiger partial charge in [0.2, 0.25) is 0 Å². The van der Waals surface area contributed by atoms with Crippen molar-refractivity contribution in [2.75, 3.05) is 0 Å². The van der Waals surface area contributed by atoms with Gasteiger partial charge in [-0.05, 0) is 42.0 Å². The molecule has 0 aliphatic carbocycles. The van der Waals surface area contributed by atoms with Crippen molar-refractivity contribution in [1.29, 1.82) is 0 Å². The van der Waals surface area contributed by atoms with Crippen LogP contribution in [0.2, 0.25) is 0 Å². The van der Waals surface area contributed by atoms with E-state index >= 15 is 0 Å². The molecule has 0 bridgehead atoms. The van der Waals surface area contributed by atoms with Gasteiger partial charge in [-0.2, -0.15) is 0 Å². The quantitative estimate of drug-likeness (QED) is 0.718. The monoisotopic (exact) mass is 335 g/mol. The molecule has 6 heteroatoms. The third-order valence-corrected chi connectivity index (χ3v) is 3.60. The summed E-state index contributed by atoms with van der Waals surface area (Å²) in [5, 5.41) is 2.12. The van der Waals surface area contributed by atoms with Gasteiger partial charge in [-0.1, -0.05) is 36.4 Å². The zero-order valence-corrected chi connectivity index (χ0v) is 13.6. The van der Waals surface area contributed by atoms with Crippen molar-refractivity contribution < 1.29 is 14.3 Å². The molecule has 2 N–H and O–H groups in total. The van der Waals surface area contributed by atoms with E-state index in [1.165, 1.54) is 6.20 Å². The van der Waals surface area contributed by atoms with E-state index < -0.39 is 17.9 Å². The number of amides is 2. The molecule has 0 unspecified atom stereocenters. The van der Waals surface area contributed by atoms with Crippen LogP contribution in [0, 0.1) is 0 Å². The molecule has 1 heterocycles. The summed E-state index contributed by atoms with van der Waals surface area (Å²) in [5.41, 5.74) is 4.86. The first kappa shape index (κ1) is 16.4. The van der Waals surface area contributed by atoms with Crippen LogP contribution in [0.4, 0.5) is 0 Å². The number of hydrogen-bond donors (Lipinski definition) is 2. The van der Waals surface area contributed by atoms with E-state index in [4.69, 9.17) is 4.74 Å². The highest BCUT2D eigenvalue weighted by molar-refractivity contribution is 5.94. The van der Waals surface area contributed by atoms with Crippen LogP contribution in [-0.2, 0) is 4.79 Å². The van der Waals surface area contributed by atoms with Crippen molar-refractivity contribution in [2.45, 2.75) is 13.0 Å². The van der Waals surface area contributed by atoms with Crippen molar-refractivity contribution in [3.63, 3.8) is 0 Å². The largest absolute Gasteiger partial charge is 0.481 e. The maximum Gasteiger partial charge on any atom is 0.288 e. The Labute approximate surface area is 144 Å². The molecule has 3 rings (SSSR count). The molecule has 2 aromatic carbocycles. The van der Waals surface area contributed by atoms with Gasteiger partial charge in [-0.15, -0.1) is 0 Å². The van der Waals surface area contributed by atoms with Gasteiger partial charge in [0.05, 0.1) is 0 Å². The van der Waals surface area contributed by atoms with E-state index in [0.29, 0.717) is 5.75 Å². The molecule has 0 saturated heterocycles. The van der Waals surface area contributed by atoms with Crippen LogP contribution < -0.4 is 15.6 Å². The molecule has 1 aromatic heterocycles. The summed E-state index contributed by atoms with van der Waals surface area (Å²) >= 11 is 0. The van der Waals surface area contributed by atoms with Gasteiger partial charge in [0.15, 0.2) is 6.10 Å². The molecule has 2 amide bonds. The predicted octanol–water partition coefficient (Wildman–Crippen LogP) is 2.46. The first-order valence-electron chi connectivity index (χ1n) is 7.80. The molecule has 25 heavy (non-hydrogen) atoms. The summed E-state index contributed by atoms with van der Waals surface area (Å²) < 4.78 is 5.64. The lowest BCUT2D eigenvalue weighted by Crippen LogP contribution is -2.47. The Morgan fingerprint density at radius 2 is 1.72 bits per heavy atom. The van der Waals surface area contributed by atoms with Crippen LogP contribution in [0.3, 0.4) is 0 Å². The minimum absolute atomic E-state index is 0.214. The van der Waals surface area contributed by atoms with E-state index in [9.17, 15) is 9.59 Å². The molecular formula is C19H17N3O3. The Bertz CT molecular complexity index is 897. The molecule has 0 saturated carbocycles. The minimum Gasteiger partial charge on any atom is -0.481 e. The summed E-state index contributed by atoms with van der Waals surface area (Å²) in [6.07, 6.45) is 0.729. The lowest BCUT2D eigenvalue weighted by molar-refractivity contribution is -0.128. The topological polar surface area (TPSA) is 80.3 Å². The number of aromatic nitrogens is 1. The van der Waals surface area contributed by atoms with Crippen LogP contribution in [0.15, 0.2) is 66.9 Å². The van der Waals surface area contributed by atoms with E-state index in [1.807, 2.05) is 36.4 Å². The first-order chi connectivity index (χ1) is 12.1. The van der Waals surface area contributed by atoms with Crippen molar-refractivity contribution in [1.82, 2.24) is 15.8 Å². The van der Waals surface area contributed by atoms with Gasteiger partial charge in [0.1, 0.15) is 11.4 Å². The number of hydrogen-bond acceptors (Lipinski definition) is 4. The number of nitrogens with one attached hydrogen (secondary N) is 2. The third-order valence-electron chi connectivity index (χ3n) is 3.60. The number of nitrogens with zero attached hydrogens (tertiary/aromatic N) is 1. The summed E-state index contributed by atoms with van der Waals surface area (Å²) in [6.45, 7) is 1.61. The lowest BCUT2D eigenvalue weighted by atomic mass is 10.1. The summed E-state index contributed by atoms with van der Waals surface area (Å²) in [6, 6.07) is 18.4. The van der Waals surface area contributed by atoms with Crippen LogP contribution in [0.1, 0.15) is 17.4 Å². The van der Waals surface area contributed by atoms with Crippen LogP contribution >= 0.6 is 0 Å². The second-order valence-electron chi connectivity index (χ2n) is 5.43. The van der Waals surface area contributed by atoms with Crippen molar-refractivity contribution in [3.05, 3.63) is 72.6 Å². The molecule has 0 radical (unpaired) electrons. The first-order valence-corrected chi connectivity index (χ1v) is 7.80. The van der Waals surface area contributed by atoms with Gasteiger partial charge in [-0.3, -0.25) is 25.4 Å². The van der Waals surface area contributed by atoms with Gasteiger partial charge < -0.3 is 4.74 Å². The minimum atomic E-state index is -0.773. The zero-order chi connectivity index (χ0) is 17.6. The van der Waals surface area contributed by atoms with Gasteiger partial charge in [-0.25, -0.2) is 0 Å². The number of ether oxygens (including phenoxy) is 1. The summed E-state index contributed by atoms with van der Waals surface area (Å²) in [4.78, 5) is 27.8. The van der Waals surface area contributed by atoms with E-state index in [-0.39, 0.29) is 5.69 Å². The second-order valence-corrected chi connectivity index (χ2v) is 5.43. The smallest absolute Gasteiger partial charge is 0.288 e. The Morgan fingerprint density at radius 1 is 0.960 bits per heavy atom. The van der Waals surface area contributed by atoms with E-state index in [1.54, 1.807) is 31.2 Å². The second kappa shape index (κ2) is 7.44. The normalized spacial score (nSPS) is 11.6. The predicted molar refractivity (Wildman–Crippen MR) is 93.9 cm³/mol. The Hall–Kier alpha value is -3.41. The van der Waals surface area contributed by atoms with Crippen LogP contribution in [0.25, 0.3) is 10.8 Å². The average Bonchev–Trinajstić information content (AvgIpc) is 2.66. The fourth-order valence-corrected chi connectivity index (χ4v) is 2.28. The number of pyridine rings is 1. The third kappa shape index (κ3) is 4.11. The molecule has 0 spiro atoms. The molecule has 0 fully saturated rings. The summed E-state index contributed by atoms with van der Waals surface area (Å²) in [7, 11) is 0. The molecule has 0 aliphatic heterocycles. The number of rotatable bonds is 4. The fourth-order valence-electron chi connectivity index (χ4n) is 2.28. The average molecular weight is 335 g/mol. The van der Waals surface area contributed by atoms with E-state index in [2.05, 4.69) is 15.8 Å². The van der Waals surface area contributed by atoms with E-state index in [0.717, 1.165) is 10.8 Å². The molecular weight excluding hydrogens is 318 g/mol. The maximum atomic E-state index is 12.1. The molecule has 1 atom stereocenters. The highest BCUT2D eigenvalue weighted by atomic mass is 16.5. The van der Waals surface area contributed by atoms with Gasteiger partial charge in [0.25, 0.3) is 11.8 Å². The number of hydrazine groups is 1. The number of fused-ring (bicyclic) bond motifs is 1. The zero-order valence-electron chi connectivity index (χ0n) is 13.6. The number of carbonyl (C=O) groups is 2. The van der Waals surface area contributed by atoms with Crippen LogP contribution in [0.5, 0.6) is 5.75 Å². The summed E-state index contributed by atoms with van der Waals surface area (Å²) in [5.74, 6) is -0.373. The molecule has 3 aromatic rings. The fraction of sp³-hybridized carbons (Fsp3) is 0.105. The Balaban J connectivity index is 1.57. The lowest BCUT2D eigenvalue weighted by Gasteiger charge is -2.15. The Morgan fingerprint density at radius 3 is 2.48 bits per heavy atom. The van der Waals surface area contributed by atoms with Crippen molar-refractivity contribution >= 4 is 22.6 Å². The van der Waals surface area contributed by atoms with Crippen molar-refractivity contribution in [2.24, 2.45) is 0 Å². The van der Waals surface area contributed by atoms with Gasteiger partial charge >= 0.3 is 0 Å². The van der Waals surface area contributed by atoms with Crippen molar-refractivity contribution in [3.8, 4) is 5.75 Å². The number of carbonyl (C=O) groups excluding carboxylic acids is 2. The van der Waals surface area contributed by atoms with Crippen LogP contribution in [-0.4, -0.2) is 22.9 Å².